The summed E-state index contributed by atoms with van der Waals surface area (Å²) in [5.41, 5.74) is 0.568. The van der Waals surface area contributed by atoms with Gasteiger partial charge in [-0.1, -0.05) is 33.1 Å². The molecule has 2 aliphatic rings. The summed E-state index contributed by atoms with van der Waals surface area (Å²) in [4.78, 5) is 2.78. The van der Waals surface area contributed by atoms with Crippen molar-refractivity contribution in [3.63, 3.8) is 0 Å². The molecule has 1 saturated heterocycles. The van der Waals surface area contributed by atoms with Crippen LogP contribution in [0.4, 0.5) is 0 Å². The van der Waals surface area contributed by atoms with E-state index < -0.39 is 0 Å². The number of nitrogens with zero attached hydrogens (tertiary/aromatic N) is 1. The molecule has 1 heterocycles. The average molecular weight is 238 g/mol. The van der Waals surface area contributed by atoms with E-state index in [1.54, 1.807) is 0 Å². The number of nitrogens with one attached hydrogen (secondary N) is 1. The van der Waals surface area contributed by atoms with Gasteiger partial charge in [0.05, 0.1) is 0 Å². The summed E-state index contributed by atoms with van der Waals surface area (Å²) in [6.45, 7) is 9.86. The van der Waals surface area contributed by atoms with Gasteiger partial charge in [0.1, 0.15) is 0 Å². The molecule has 2 rings (SSSR count). The van der Waals surface area contributed by atoms with Gasteiger partial charge in [-0.15, -0.1) is 0 Å². The number of hydrogen-bond donors (Lipinski definition) is 1. The van der Waals surface area contributed by atoms with Crippen molar-refractivity contribution in [2.75, 3.05) is 26.2 Å². The lowest BCUT2D eigenvalue weighted by Crippen LogP contribution is -2.47. The lowest BCUT2D eigenvalue weighted by atomic mass is 9.79. The molecule has 0 spiro atoms. The van der Waals surface area contributed by atoms with E-state index in [9.17, 15) is 0 Å². The van der Waals surface area contributed by atoms with Crippen LogP contribution in [0.25, 0.3) is 0 Å². The molecule has 0 aromatic rings. The average Bonchev–Trinajstić information content (AvgIpc) is 2.38. The molecule has 100 valence electrons. The zero-order valence-electron chi connectivity index (χ0n) is 11.8. The van der Waals surface area contributed by atoms with E-state index in [-0.39, 0.29) is 0 Å². The largest absolute Gasteiger partial charge is 0.317 e. The van der Waals surface area contributed by atoms with Crippen molar-refractivity contribution in [2.45, 2.75) is 64.8 Å². The lowest BCUT2D eigenvalue weighted by molar-refractivity contribution is 0.0815. The Balaban J connectivity index is 1.88. The van der Waals surface area contributed by atoms with Crippen molar-refractivity contribution in [3.05, 3.63) is 0 Å². The normalized spacial score (nSPS) is 26.3. The highest BCUT2D eigenvalue weighted by Gasteiger charge is 2.31. The summed E-state index contributed by atoms with van der Waals surface area (Å²) >= 11 is 0. The first-order chi connectivity index (χ1) is 8.23. The van der Waals surface area contributed by atoms with Crippen LogP contribution in [0, 0.1) is 5.41 Å². The predicted molar refractivity (Wildman–Crippen MR) is 74.3 cm³/mol. The summed E-state index contributed by atoms with van der Waals surface area (Å²) < 4.78 is 0. The van der Waals surface area contributed by atoms with Crippen LogP contribution < -0.4 is 5.32 Å². The third kappa shape index (κ3) is 3.69. The SMILES string of the molecule is CCN(CC1(C)CCNCC1)C1CCCCC1. The Morgan fingerprint density at radius 3 is 2.35 bits per heavy atom. The second-order valence-corrected chi connectivity index (χ2v) is 6.42. The summed E-state index contributed by atoms with van der Waals surface area (Å²) in [5, 5.41) is 3.49. The van der Waals surface area contributed by atoms with Crippen molar-refractivity contribution in [3.8, 4) is 0 Å². The Kier molecular flexibility index (Phi) is 4.87. The Morgan fingerprint density at radius 2 is 1.76 bits per heavy atom. The Bertz CT molecular complexity index is 215. The summed E-state index contributed by atoms with van der Waals surface area (Å²) in [6.07, 6.45) is 9.99. The molecule has 1 aliphatic carbocycles. The second-order valence-electron chi connectivity index (χ2n) is 6.42. The van der Waals surface area contributed by atoms with Crippen LogP contribution >= 0.6 is 0 Å². The van der Waals surface area contributed by atoms with Crippen molar-refractivity contribution in [1.29, 1.82) is 0 Å². The first kappa shape index (κ1) is 13.4. The van der Waals surface area contributed by atoms with Crippen molar-refractivity contribution < 1.29 is 0 Å². The van der Waals surface area contributed by atoms with Gasteiger partial charge < -0.3 is 10.2 Å². The van der Waals surface area contributed by atoms with Gasteiger partial charge in [0, 0.05) is 12.6 Å². The molecule has 0 bridgehead atoms. The topological polar surface area (TPSA) is 15.3 Å². The molecule has 0 aromatic carbocycles. The third-order valence-electron chi connectivity index (χ3n) is 4.89. The summed E-state index contributed by atoms with van der Waals surface area (Å²) in [5.74, 6) is 0. The fourth-order valence-electron chi connectivity index (χ4n) is 3.62. The minimum absolute atomic E-state index is 0.568. The fraction of sp³-hybridized carbons (Fsp3) is 1.00. The second kappa shape index (κ2) is 6.19. The summed E-state index contributed by atoms with van der Waals surface area (Å²) in [6, 6.07) is 0.889. The molecule has 0 aromatic heterocycles. The lowest BCUT2D eigenvalue weighted by Gasteiger charge is -2.42. The Morgan fingerprint density at radius 1 is 1.12 bits per heavy atom. The van der Waals surface area contributed by atoms with Crippen LogP contribution in [0.3, 0.4) is 0 Å². The zero-order valence-corrected chi connectivity index (χ0v) is 11.8. The molecular formula is C15H30N2. The highest BCUT2D eigenvalue weighted by atomic mass is 15.2. The van der Waals surface area contributed by atoms with Crippen LogP contribution in [-0.2, 0) is 0 Å². The van der Waals surface area contributed by atoms with Crippen LogP contribution in [0.15, 0.2) is 0 Å². The minimum Gasteiger partial charge on any atom is -0.317 e. The number of rotatable bonds is 4. The smallest absolute Gasteiger partial charge is 0.00953 e. The molecule has 1 N–H and O–H groups in total. The molecule has 1 saturated carbocycles. The van der Waals surface area contributed by atoms with Gasteiger partial charge >= 0.3 is 0 Å². The van der Waals surface area contributed by atoms with E-state index in [1.165, 1.54) is 71.1 Å². The predicted octanol–water partition coefficient (Wildman–Crippen LogP) is 3.03. The quantitative estimate of drug-likeness (QED) is 0.810. The van der Waals surface area contributed by atoms with E-state index in [1.807, 2.05) is 0 Å². The summed E-state index contributed by atoms with van der Waals surface area (Å²) in [7, 11) is 0. The third-order valence-corrected chi connectivity index (χ3v) is 4.89. The van der Waals surface area contributed by atoms with E-state index in [2.05, 4.69) is 24.1 Å². The molecule has 17 heavy (non-hydrogen) atoms. The van der Waals surface area contributed by atoms with E-state index >= 15 is 0 Å². The van der Waals surface area contributed by atoms with E-state index in [4.69, 9.17) is 0 Å². The molecule has 2 fully saturated rings. The molecular weight excluding hydrogens is 208 g/mol. The standard InChI is InChI=1S/C15H30N2/c1-3-17(14-7-5-4-6-8-14)13-15(2)9-11-16-12-10-15/h14,16H,3-13H2,1-2H3. The molecule has 2 heteroatoms. The van der Waals surface area contributed by atoms with Crippen LogP contribution in [-0.4, -0.2) is 37.1 Å². The molecule has 2 nitrogen and oxygen atoms in total. The maximum absolute atomic E-state index is 3.49. The van der Waals surface area contributed by atoms with Gasteiger partial charge in [0.2, 0.25) is 0 Å². The van der Waals surface area contributed by atoms with Crippen molar-refractivity contribution in [2.24, 2.45) is 5.41 Å². The first-order valence-electron chi connectivity index (χ1n) is 7.68. The number of hydrogen-bond acceptors (Lipinski definition) is 2. The molecule has 0 amide bonds. The van der Waals surface area contributed by atoms with Gasteiger partial charge in [0.25, 0.3) is 0 Å². The fourth-order valence-corrected chi connectivity index (χ4v) is 3.62. The minimum atomic E-state index is 0.568. The van der Waals surface area contributed by atoms with Crippen molar-refractivity contribution >= 4 is 0 Å². The Hall–Kier alpha value is -0.0800. The molecule has 0 atom stereocenters. The van der Waals surface area contributed by atoms with Gasteiger partial charge in [-0.3, -0.25) is 0 Å². The van der Waals surface area contributed by atoms with Crippen LogP contribution in [0.2, 0.25) is 0 Å². The molecule has 0 unspecified atom stereocenters. The number of piperidine rings is 1. The van der Waals surface area contributed by atoms with Gasteiger partial charge in [-0.25, -0.2) is 0 Å². The van der Waals surface area contributed by atoms with Crippen molar-refractivity contribution in [1.82, 2.24) is 10.2 Å². The maximum atomic E-state index is 3.49. The van der Waals surface area contributed by atoms with Gasteiger partial charge in [0.15, 0.2) is 0 Å². The van der Waals surface area contributed by atoms with Gasteiger partial charge in [-0.2, -0.15) is 0 Å². The Labute approximate surface area is 107 Å². The van der Waals surface area contributed by atoms with Gasteiger partial charge in [-0.05, 0) is 50.7 Å². The van der Waals surface area contributed by atoms with Crippen LogP contribution in [0.5, 0.6) is 0 Å². The van der Waals surface area contributed by atoms with E-state index in [0.29, 0.717) is 5.41 Å². The maximum Gasteiger partial charge on any atom is 0.00953 e. The highest BCUT2D eigenvalue weighted by Crippen LogP contribution is 2.32. The first-order valence-corrected chi connectivity index (χ1v) is 7.68. The van der Waals surface area contributed by atoms with E-state index in [0.717, 1.165) is 6.04 Å². The molecule has 0 radical (unpaired) electrons. The highest BCUT2D eigenvalue weighted by molar-refractivity contribution is 4.86. The molecule has 1 aliphatic heterocycles. The van der Waals surface area contributed by atoms with Crippen LogP contribution in [0.1, 0.15) is 58.8 Å². The monoisotopic (exact) mass is 238 g/mol. The zero-order chi connectivity index (χ0) is 12.1.